The van der Waals surface area contributed by atoms with Crippen molar-refractivity contribution in [2.24, 2.45) is 17.2 Å². The predicted molar refractivity (Wildman–Crippen MR) is 112 cm³/mol. The van der Waals surface area contributed by atoms with E-state index in [-0.39, 0.29) is 23.5 Å². The number of carbonyl (C=O) groups excluding carboxylic acids is 1. The molecule has 0 bridgehead atoms. The van der Waals surface area contributed by atoms with Crippen LogP contribution < -0.4 is 17.2 Å². The molecule has 0 radical (unpaired) electrons. The maximum absolute atomic E-state index is 12.8. The lowest BCUT2D eigenvalue weighted by Gasteiger charge is -2.41. The topological polar surface area (TPSA) is 135 Å². The fourth-order valence-electron chi connectivity index (χ4n) is 3.43. The van der Waals surface area contributed by atoms with Gasteiger partial charge in [0.25, 0.3) is 5.91 Å². The summed E-state index contributed by atoms with van der Waals surface area (Å²) < 4.78 is 0. The van der Waals surface area contributed by atoms with E-state index in [4.69, 9.17) is 17.2 Å². The van der Waals surface area contributed by atoms with E-state index in [0.717, 1.165) is 0 Å². The Balaban J connectivity index is 1.78. The van der Waals surface area contributed by atoms with E-state index < -0.39 is 0 Å². The number of phenols is 1. The Bertz CT molecular complexity index is 937. The molecular formula is C21H26N6O2. The lowest BCUT2D eigenvalue weighted by Crippen LogP contribution is -2.54. The molecule has 1 amide bonds. The SMILES string of the molecule is CC1CN(C(/C=C(\N)c2ccccc2O)=C(N)N)CCN1C(=O)c1cccnc1. The van der Waals surface area contributed by atoms with Gasteiger partial charge in [-0.2, -0.15) is 0 Å². The first kappa shape index (κ1) is 20.1. The fraction of sp³-hybridized carbons (Fsp3) is 0.238. The fourth-order valence-corrected chi connectivity index (χ4v) is 3.43. The summed E-state index contributed by atoms with van der Waals surface area (Å²) >= 11 is 0. The van der Waals surface area contributed by atoms with Gasteiger partial charge in [0.15, 0.2) is 0 Å². The molecule has 152 valence electrons. The van der Waals surface area contributed by atoms with Crippen LogP contribution in [0.25, 0.3) is 5.70 Å². The second kappa shape index (κ2) is 8.55. The first-order valence-corrected chi connectivity index (χ1v) is 9.35. The van der Waals surface area contributed by atoms with E-state index in [1.165, 1.54) is 0 Å². The van der Waals surface area contributed by atoms with Crippen LogP contribution in [-0.4, -0.2) is 51.5 Å². The standard InChI is InChI=1S/C21H26N6O2/c1-14-13-26(9-10-27(14)21(29)15-5-4-8-25-12-15)18(20(23)24)11-17(22)16-6-2-3-7-19(16)28/h2-8,11-12,14,28H,9-10,13,22-24H2,1H3/b17-11-. The van der Waals surface area contributed by atoms with Crippen molar-refractivity contribution in [3.05, 3.63) is 77.5 Å². The van der Waals surface area contributed by atoms with Crippen LogP contribution in [-0.2, 0) is 0 Å². The van der Waals surface area contributed by atoms with Crippen LogP contribution in [0.5, 0.6) is 5.75 Å². The number of nitrogens with zero attached hydrogens (tertiary/aromatic N) is 3. The number of aromatic hydroxyl groups is 1. The molecule has 0 saturated carbocycles. The van der Waals surface area contributed by atoms with Crippen molar-refractivity contribution in [2.75, 3.05) is 19.6 Å². The Morgan fingerprint density at radius 3 is 2.55 bits per heavy atom. The largest absolute Gasteiger partial charge is 0.507 e. The number of hydrogen-bond acceptors (Lipinski definition) is 7. The van der Waals surface area contributed by atoms with Crippen LogP contribution >= 0.6 is 0 Å². The molecular weight excluding hydrogens is 368 g/mol. The summed E-state index contributed by atoms with van der Waals surface area (Å²) in [5.74, 6) is 0.153. The Morgan fingerprint density at radius 2 is 1.93 bits per heavy atom. The number of amides is 1. The van der Waals surface area contributed by atoms with Gasteiger partial charge in [0, 0.05) is 49.3 Å². The molecule has 3 rings (SSSR count). The van der Waals surface area contributed by atoms with Crippen LogP contribution in [0.1, 0.15) is 22.8 Å². The Labute approximate surface area is 169 Å². The molecule has 29 heavy (non-hydrogen) atoms. The number of carbonyl (C=O) groups is 1. The summed E-state index contributed by atoms with van der Waals surface area (Å²) in [5, 5.41) is 10.0. The smallest absolute Gasteiger partial charge is 0.255 e. The van der Waals surface area contributed by atoms with Crippen molar-refractivity contribution in [3.63, 3.8) is 0 Å². The molecule has 8 heteroatoms. The number of hydrogen-bond donors (Lipinski definition) is 4. The average molecular weight is 394 g/mol. The summed E-state index contributed by atoms with van der Waals surface area (Å²) in [6.45, 7) is 3.58. The van der Waals surface area contributed by atoms with Gasteiger partial charge in [-0.1, -0.05) is 12.1 Å². The van der Waals surface area contributed by atoms with Crippen molar-refractivity contribution in [1.82, 2.24) is 14.8 Å². The predicted octanol–water partition coefficient (Wildman–Crippen LogP) is 1.02. The van der Waals surface area contributed by atoms with Gasteiger partial charge in [0.1, 0.15) is 11.6 Å². The molecule has 1 aliphatic rings. The number of nitrogens with two attached hydrogens (primary N) is 3. The zero-order valence-corrected chi connectivity index (χ0v) is 16.3. The molecule has 1 saturated heterocycles. The summed E-state index contributed by atoms with van der Waals surface area (Å²) in [7, 11) is 0. The molecule has 0 aliphatic carbocycles. The minimum Gasteiger partial charge on any atom is -0.507 e. The van der Waals surface area contributed by atoms with E-state index in [1.54, 1.807) is 54.9 Å². The van der Waals surface area contributed by atoms with E-state index in [9.17, 15) is 9.90 Å². The second-order valence-electron chi connectivity index (χ2n) is 6.99. The molecule has 7 N–H and O–H groups in total. The number of phenolic OH excluding ortho intramolecular Hbond substituents is 1. The van der Waals surface area contributed by atoms with Crippen molar-refractivity contribution < 1.29 is 9.90 Å². The van der Waals surface area contributed by atoms with Gasteiger partial charge in [0.05, 0.1) is 11.3 Å². The van der Waals surface area contributed by atoms with E-state index in [0.29, 0.717) is 42.2 Å². The number of piperazine rings is 1. The monoisotopic (exact) mass is 394 g/mol. The van der Waals surface area contributed by atoms with Gasteiger partial charge in [-0.15, -0.1) is 0 Å². The van der Waals surface area contributed by atoms with Crippen LogP contribution in [0.15, 0.2) is 66.4 Å². The van der Waals surface area contributed by atoms with Crippen molar-refractivity contribution >= 4 is 11.6 Å². The third-order valence-electron chi connectivity index (χ3n) is 4.94. The Kier molecular flexibility index (Phi) is 5.92. The Hall–Kier alpha value is -3.68. The van der Waals surface area contributed by atoms with Gasteiger partial charge in [0.2, 0.25) is 0 Å². The van der Waals surface area contributed by atoms with Gasteiger partial charge in [-0.05, 0) is 37.3 Å². The normalized spacial score (nSPS) is 17.1. The number of aromatic nitrogens is 1. The number of pyridine rings is 1. The highest BCUT2D eigenvalue weighted by molar-refractivity contribution is 5.94. The highest BCUT2D eigenvalue weighted by atomic mass is 16.3. The van der Waals surface area contributed by atoms with Gasteiger partial charge in [-0.25, -0.2) is 0 Å². The maximum atomic E-state index is 12.8. The van der Waals surface area contributed by atoms with Crippen molar-refractivity contribution in [2.45, 2.75) is 13.0 Å². The number of para-hydroxylation sites is 1. The van der Waals surface area contributed by atoms with E-state index in [1.807, 2.05) is 16.7 Å². The van der Waals surface area contributed by atoms with Gasteiger partial charge >= 0.3 is 0 Å². The zero-order valence-electron chi connectivity index (χ0n) is 16.3. The zero-order chi connectivity index (χ0) is 21.0. The first-order valence-electron chi connectivity index (χ1n) is 9.35. The van der Waals surface area contributed by atoms with Gasteiger partial charge in [-0.3, -0.25) is 9.78 Å². The lowest BCUT2D eigenvalue weighted by atomic mass is 10.1. The van der Waals surface area contributed by atoms with E-state index in [2.05, 4.69) is 4.98 Å². The molecule has 1 unspecified atom stereocenters. The first-order chi connectivity index (χ1) is 13.9. The van der Waals surface area contributed by atoms with Crippen LogP contribution in [0.2, 0.25) is 0 Å². The second-order valence-corrected chi connectivity index (χ2v) is 6.99. The van der Waals surface area contributed by atoms with Crippen LogP contribution in [0, 0.1) is 0 Å². The quantitative estimate of drug-likeness (QED) is 0.569. The van der Waals surface area contributed by atoms with Crippen molar-refractivity contribution in [1.29, 1.82) is 0 Å². The third-order valence-corrected chi connectivity index (χ3v) is 4.94. The summed E-state index contributed by atoms with van der Waals surface area (Å²) in [4.78, 5) is 20.6. The molecule has 8 nitrogen and oxygen atoms in total. The molecule has 2 aromatic rings. The molecule has 1 fully saturated rings. The summed E-state index contributed by atoms with van der Waals surface area (Å²) in [6.07, 6.45) is 4.87. The van der Waals surface area contributed by atoms with Crippen LogP contribution in [0.3, 0.4) is 0 Å². The number of allylic oxidation sites excluding steroid dienone is 1. The summed E-state index contributed by atoms with van der Waals surface area (Å²) in [6, 6.07) is 10.2. The third kappa shape index (κ3) is 4.43. The van der Waals surface area contributed by atoms with Gasteiger partial charge < -0.3 is 32.1 Å². The summed E-state index contributed by atoms with van der Waals surface area (Å²) in [5.41, 5.74) is 20.0. The molecule has 1 aromatic carbocycles. The average Bonchev–Trinajstić information content (AvgIpc) is 2.72. The molecule has 1 atom stereocenters. The minimum atomic E-state index is -0.0643. The molecule has 2 heterocycles. The number of rotatable bonds is 4. The minimum absolute atomic E-state index is 0.0548. The van der Waals surface area contributed by atoms with Crippen LogP contribution in [0.4, 0.5) is 0 Å². The number of benzene rings is 1. The lowest BCUT2D eigenvalue weighted by molar-refractivity contribution is 0.0546. The molecule has 1 aliphatic heterocycles. The van der Waals surface area contributed by atoms with E-state index >= 15 is 0 Å². The molecule has 0 spiro atoms. The Morgan fingerprint density at radius 1 is 1.17 bits per heavy atom. The highest BCUT2D eigenvalue weighted by Crippen LogP contribution is 2.24. The molecule has 1 aromatic heterocycles. The highest BCUT2D eigenvalue weighted by Gasteiger charge is 2.29. The maximum Gasteiger partial charge on any atom is 0.255 e. The van der Waals surface area contributed by atoms with Crippen molar-refractivity contribution in [3.8, 4) is 5.75 Å².